The van der Waals surface area contributed by atoms with E-state index in [1.807, 2.05) is 31.2 Å². The van der Waals surface area contributed by atoms with Gasteiger partial charge in [-0.05, 0) is 43.9 Å². The van der Waals surface area contributed by atoms with Crippen molar-refractivity contribution < 1.29 is 13.2 Å². The number of benzene rings is 1. The van der Waals surface area contributed by atoms with Crippen LogP contribution in [-0.4, -0.2) is 72.6 Å². The Kier molecular flexibility index (Phi) is 6.78. The summed E-state index contributed by atoms with van der Waals surface area (Å²) in [5, 5.41) is 4.83. The predicted octanol–water partition coefficient (Wildman–Crippen LogP) is 2.94. The molecule has 2 fully saturated rings. The minimum absolute atomic E-state index is 0.126. The van der Waals surface area contributed by atoms with E-state index in [0.717, 1.165) is 18.5 Å². The van der Waals surface area contributed by atoms with Gasteiger partial charge in [-0.2, -0.15) is 9.40 Å². The molecule has 0 spiro atoms. The fourth-order valence-electron chi connectivity index (χ4n) is 4.43. The van der Waals surface area contributed by atoms with E-state index >= 15 is 0 Å². The van der Waals surface area contributed by atoms with E-state index in [2.05, 4.69) is 16.9 Å². The average Bonchev–Trinajstić information content (AvgIpc) is 3.24. The lowest BCUT2D eigenvalue weighted by Gasteiger charge is -2.35. The Morgan fingerprint density at radius 1 is 1.19 bits per heavy atom. The monoisotopic (exact) mass is 479 g/mol. The molecule has 0 radical (unpaired) electrons. The van der Waals surface area contributed by atoms with Gasteiger partial charge < -0.3 is 9.80 Å². The Hall–Kier alpha value is -2.10. The van der Waals surface area contributed by atoms with Crippen LogP contribution in [0, 0.1) is 5.92 Å². The molecule has 1 amide bonds. The number of carbonyl (C=O) groups is 1. The van der Waals surface area contributed by atoms with Crippen LogP contribution in [0.3, 0.4) is 0 Å². The largest absolute Gasteiger partial charge is 0.369 e. The van der Waals surface area contributed by atoms with Crippen LogP contribution in [0.15, 0.2) is 35.5 Å². The summed E-state index contributed by atoms with van der Waals surface area (Å²) in [6.07, 6.45) is 3.60. The maximum absolute atomic E-state index is 13.5. The van der Waals surface area contributed by atoms with Crippen LogP contribution >= 0.6 is 11.6 Å². The molecule has 1 unspecified atom stereocenters. The van der Waals surface area contributed by atoms with Gasteiger partial charge in [0.2, 0.25) is 5.03 Å². The molecular formula is C22H30ClN5O3S. The van der Waals surface area contributed by atoms with Crippen molar-refractivity contribution in [3.63, 3.8) is 0 Å². The number of anilines is 1. The van der Waals surface area contributed by atoms with Crippen LogP contribution in [-0.2, 0) is 16.6 Å². The number of likely N-dealkylation sites (tertiary alicyclic amines) is 1. The number of aryl methyl sites for hydroxylation is 1. The Morgan fingerprint density at radius 2 is 1.94 bits per heavy atom. The second-order valence-electron chi connectivity index (χ2n) is 8.57. The third kappa shape index (κ3) is 4.65. The summed E-state index contributed by atoms with van der Waals surface area (Å²) in [5.74, 6) is 0.168. The molecule has 32 heavy (non-hydrogen) atoms. The van der Waals surface area contributed by atoms with Crippen molar-refractivity contribution in [2.24, 2.45) is 5.92 Å². The first-order valence-corrected chi connectivity index (χ1v) is 13.0. The third-order valence-corrected chi connectivity index (χ3v) is 8.29. The topological polar surface area (TPSA) is 78.8 Å². The van der Waals surface area contributed by atoms with E-state index in [-0.39, 0.29) is 16.5 Å². The van der Waals surface area contributed by atoms with Crippen molar-refractivity contribution in [3.05, 3.63) is 41.0 Å². The fraction of sp³-hybridized carbons (Fsp3) is 0.545. The van der Waals surface area contributed by atoms with Gasteiger partial charge in [0, 0.05) is 62.7 Å². The molecule has 2 aliphatic heterocycles. The number of aromatic nitrogens is 2. The molecule has 2 aromatic rings. The highest BCUT2D eigenvalue weighted by Gasteiger charge is 2.36. The van der Waals surface area contributed by atoms with Gasteiger partial charge in [-0.15, -0.1) is 0 Å². The number of piperazine rings is 1. The number of sulfonamides is 1. The van der Waals surface area contributed by atoms with Gasteiger partial charge in [-0.1, -0.05) is 24.6 Å². The van der Waals surface area contributed by atoms with Gasteiger partial charge in [0.25, 0.3) is 15.9 Å². The summed E-state index contributed by atoms with van der Waals surface area (Å²) in [4.78, 5) is 17.1. The molecule has 1 aromatic carbocycles. The highest BCUT2D eigenvalue weighted by Crippen LogP contribution is 2.26. The molecular weight excluding hydrogens is 450 g/mol. The van der Waals surface area contributed by atoms with Gasteiger partial charge in [0.15, 0.2) is 0 Å². The fourth-order valence-corrected chi connectivity index (χ4v) is 6.13. The van der Waals surface area contributed by atoms with E-state index in [1.54, 1.807) is 11.1 Å². The molecule has 3 heterocycles. The zero-order chi connectivity index (χ0) is 22.9. The second kappa shape index (κ2) is 9.41. The predicted molar refractivity (Wildman–Crippen MR) is 125 cm³/mol. The van der Waals surface area contributed by atoms with Crippen LogP contribution in [0.1, 0.15) is 37.0 Å². The van der Waals surface area contributed by atoms with Gasteiger partial charge in [0.1, 0.15) is 0 Å². The highest BCUT2D eigenvalue weighted by atomic mass is 35.5. The van der Waals surface area contributed by atoms with Crippen LogP contribution in [0.4, 0.5) is 5.69 Å². The Labute approximate surface area is 194 Å². The lowest BCUT2D eigenvalue weighted by Crippen LogP contribution is -2.49. The minimum Gasteiger partial charge on any atom is -0.369 e. The SMILES string of the molecule is CCn1cc(C(=O)N2CCCC(C)C2)c(S(=O)(=O)N2CCN(c3cccc(Cl)c3)CC2)n1. The second-order valence-corrected chi connectivity index (χ2v) is 10.9. The number of halogens is 1. The zero-order valence-corrected chi connectivity index (χ0v) is 20.1. The van der Waals surface area contributed by atoms with Crippen molar-refractivity contribution in [1.29, 1.82) is 0 Å². The number of amides is 1. The van der Waals surface area contributed by atoms with E-state index in [1.165, 1.54) is 8.99 Å². The average molecular weight is 480 g/mol. The number of hydrogen-bond acceptors (Lipinski definition) is 5. The summed E-state index contributed by atoms with van der Waals surface area (Å²) in [6.45, 7) is 7.52. The van der Waals surface area contributed by atoms with Gasteiger partial charge in [0.05, 0.1) is 5.56 Å². The maximum Gasteiger partial charge on any atom is 0.263 e. The molecule has 4 rings (SSSR count). The molecule has 1 aromatic heterocycles. The number of hydrogen-bond donors (Lipinski definition) is 0. The van der Waals surface area contributed by atoms with Crippen molar-refractivity contribution in [2.75, 3.05) is 44.2 Å². The van der Waals surface area contributed by atoms with Gasteiger partial charge in [-0.3, -0.25) is 9.48 Å². The van der Waals surface area contributed by atoms with Crippen LogP contribution < -0.4 is 4.90 Å². The molecule has 0 aliphatic carbocycles. The number of rotatable bonds is 5. The zero-order valence-electron chi connectivity index (χ0n) is 18.6. The number of piperidine rings is 1. The summed E-state index contributed by atoms with van der Waals surface area (Å²) in [5.41, 5.74) is 1.15. The van der Waals surface area contributed by atoms with E-state index in [9.17, 15) is 13.2 Å². The molecule has 2 aliphatic rings. The van der Waals surface area contributed by atoms with E-state index < -0.39 is 10.0 Å². The number of carbonyl (C=O) groups excluding carboxylic acids is 1. The molecule has 0 bridgehead atoms. The van der Waals surface area contributed by atoms with Crippen molar-refractivity contribution in [2.45, 2.75) is 38.3 Å². The summed E-state index contributed by atoms with van der Waals surface area (Å²) in [6, 6.07) is 7.55. The Morgan fingerprint density at radius 3 is 2.59 bits per heavy atom. The summed E-state index contributed by atoms with van der Waals surface area (Å²) >= 11 is 6.10. The first-order valence-electron chi connectivity index (χ1n) is 11.2. The molecule has 8 nitrogen and oxygen atoms in total. The first kappa shape index (κ1) is 23.1. The van der Waals surface area contributed by atoms with Gasteiger partial charge in [-0.25, -0.2) is 8.42 Å². The minimum atomic E-state index is -3.89. The Balaban J connectivity index is 1.55. The molecule has 2 saturated heterocycles. The summed E-state index contributed by atoms with van der Waals surface area (Å²) < 4.78 is 30.0. The van der Waals surface area contributed by atoms with E-state index in [4.69, 9.17) is 11.6 Å². The standard InChI is InChI=1S/C22H30ClN5O3S/c1-3-27-16-20(22(29)26-9-5-6-17(2)15-26)21(24-27)32(30,31)28-12-10-25(11-13-28)19-8-4-7-18(23)14-19/h4,7-8,14,16-17H,3,5-6,9-13,15H2,1-2H3. The molecule has 0 N–H and O–H groups in total. The van der Waals surface area contributed by atoms with Crippen LogP contribution in [0.5, 0.6) is 0 Å². The normalized spacial score (nSPS) is 20.5. The van der Waals surface area contributed by atoms with Crippen molar-refractivity contribution in [1.82, 2.24) is 19.0 Å². The summed E-state index contributed by atoms with van der Waals surface area (Å²) in [7, 11) is -3.89. The van der Waals surface area contributed by atoms with Crippen LogP contribution in [0.2, 0.25) is 5.02 Å². The third-order valence-electron chi connectivity index (χ3n) is 6.22. The quantitative estimate of drug-likeness (QED) is 0.658. The van der Waals surface area contributed by atoms with E-state index in [0.29, 0.717) is 56.8 Å². The highest BCUT2D eigenvalue weighted by molar-refractivity contribution is 7.89. The first-order chi connectivity index (χ1) is 15.3. The van der Waals surface area contributed by atoms with Gasteiger partial charge >= 0.3 is 0 Å². The van der Waals surface area contributed by atoms with Crippen molar-refractivity contribution in [3.8, 4) is 0 Å². The van der Waals surface area contributed by atoms with Crippen molar-refractivity contribution >= 4 is 33.2 Å². The number of nitrogens with zero attached hydrogens (tertiary/aromatic N) is 5. The molecule has 10 heteroatoms. The maximum atomic E-state index is 13.5. The van der Waals surface area contributed by atoms with Crippen LogP contribution in [0.25, 0.3) is 0 Å². The Bertz CT molecular complexity index is 1080. The molecule has 0 saturated carbocycles. The lowest BCUT2D eigenvalue weighted by molar-refractivity contribution is 0.0679. The molecule has 174 valence electrons. The smallest absolute Gasteiger partial charge is 0.263 e. The lowest BCUT2D eigenvalue weighted by atomic mass is 10.00. The molecule has 1 atom stereocenters.